The average Bonchev–Trinajstić information content (AvgIpc) is 3.38. The molecule has 2 fully saturated rings. The first-order valence-electron chi connectivity index (χ1n) is 10.6. The number of carbonyl (C=O) groups excluding carboxylic acids is 2. The summed E-state index contributed by atoms with van der Waals surface area (Å²) < 4.78 is 14.9. The van der Waals surface area contributed by atoms with Gasteiger partial charge in [-0.05, 0) is 55.2 Å². The van der Waals surface area contributed by atoms with E-state index in [0.29, 0.717) is 42.1 Å². The SMILES string of the molecule is CC(C)C1CCCN1c1ccc(NC(=O)c2cc(N3CCNC3=O)ccc2Cl)cc1F. The summed E-state index contributed by atoms with van der Waals surface area (Å²) >= 11 is 6.23. The maximum atomic E-state index is 14.9. The molecule has 2 saturated heterocycles. The smallest absolute Gasteiger partial charge is 0.321 e. The molecule has 164 valence electrons. The van der Waals surface area contributed by atoms with E-state index in [1.165, 1.54) is 6.07 Å². The lowest BCUT2D eigenvalue weighted by Gasteiger charge is -2.30. The summed E-state index contributed by atoms with van der Waals surface area (Å²) in [4.78, 5) is 28.4. The first kappa shape index (κ1) is 21.4. The van der Waals surface area contributed by atoms with Gasteiger partial charge in [-0.1, -0.05) is 25.4 Å². The minimum Gasteiger partial charge on any atom is -0.366 e. The highest BCUT2D eigenvalue weighted by Crippen LogP contribution is 2.33. The van der Waals surface area contributed by atoms with E-state index in [0.717, 1.165) is 19.4 Å². The first-order chi connectivity index (χ1) is 14.8. The Hall–Kier alpha value is -2.80. The van der Waals surface area contributed by atoms with Crippen molar-refractivity contribution in [2.75, 3.05) is 34.8 Å². The van der Waals surface area contributed by atoms with Gasteiger partial charge in [-0.3, -0.25) is 9.69 Å². The van der Waals surface area contributed by atoms with Crippen molar-refractivity contribution in [1.29, 1.82) is 0 Å². The van der Waals surface area contributed by atoms with Crippen LogP contribution in [0, 0.1) is 11.7 Å². The average molecular weight is 445 g/mol. The monoisotopic (exact) mass is 444 g/mol. The van der Waals surface area contributed by atoms with E-state index in [9.17, 15) is 14.0 Å². The van der Waals surface area contributed by atoms with Crippen LogP contribution in [0.3, 0.4) is 0 Å². The molecule has 2 aromatic carbocycles. The lowest BCUT2D eigenvalue weighted by molar-refractivity contribution is 0.102. The van der Waals surface area contributed by atoms with Crippen LogP contribution >= 0.6 is 11.6 Å². The Morgan fingerprint density at radius 1 is 1.23 bits per heavy atom. The molecule has 1 atom stereocenters. The Kier molecular flexibility index (Phi) is 6.05. The maximum Gasteiger partial charge on any atom is 0.321 e. The topological polar surface area (TPSA) is 64.7 Å². The molecular formula is C23H26ClFN4O2. The third kappa shape index (κ3) is 4.32. The number of nitrogens with one attached hydrogen (secondary N) is 2. The molecule has 2 aromatic rings. The van der Waals surface area contributed by atoms with Crippen molar-refractivity contribution in [3.8, 4) is 0 Å². The lowest BCUT2D eigenvalue weighted by Crippen LogP contribution is -2.33. The Balaban J connectivity index is 1.53. The summed E-state index contributed by atoms with van der Waals surface area (Å²) in [6, 6.07) is 9.72. The van der Waals surface area contributed by atoms with Crippen molar-refractivity contribution in [3.05, 3.63) is 52.8 Å². The molecule has 2 aliphatic rings. The van der Waals surface area contributed by atoms with Crippen molar-refractivity contribution < 1.29 is 14.0 Å². The molecular weight excluding hydrogens is 419 g/mol. The van der Waals surface area contributed by atoms with Crippen molar-refractivity contribution >= 4 is 40.6 Å². The van der Waals surface area contributed by atoms with Gasteiger partial charge in [0.15, 0.2) is 0 Å². The van der Waals surface area contributed by atoms with E-state index in [-0.39, 0.29) is 22.4 Å². The fourth-order valence-corrected chi connectivity index (χ4v) is 4.58. The number of rotatable bonds is 5. The summed E-state index contributed by atoms with van der Waals surface area (Å²) in [7, 11) is 0. The van der Waals surface area contributed by atoms with E-state index in [1.54, 1.807) is 35.2 Å². The zero-order valence-electron chi connectivity index (χ0n) is 17.6. The zero-order valence-corrected chi connectivity index (χ0v) is 18.4. The third-order valence-corrected chi connectivity index (χ3v) is 6.28. The second-order valence-corrected chi connectivity index (χ2v) is 8.72. The van der Waals surface area contributed by atoms with Gasteiger partial charge in [0.2, 0.25) is 0 Å². The molecule has 6 nitrogen and oxygen atoms in total. The summed E-state index contributed by atoms with van der Waals surface area (Å²) in [6.45, 7) is 6.20. The molecule has 4 rings (SSSR count). The van der Waals surface area contributed by atoms with Gasteiger partial charge in [0.05, 0.1) is 16.3 Å². The van der Waals surface area contributed by atoms with Crippen molar-refractivity contribution in [3.63, 3.8) is 0 Å². The fourth-order valence-electron chi connectivity index (χ4n) is 4.37. The van der Waals surface area contributed by atoms with Gasteiger partial charge in [0, 0.05) is 37.1 Å². The minimum absolute atomic E-state index is 0.215. The molecule has 0 aromatic heterocycles. The third-order valence-electron chi connectivity index (χ3n) is 5.95. The molecule has 0 radical (unpaired) electrons. The molecule has 1 unspecified atom stereocenters. The van der Waals surface area contributed by atoms with Crippen molar-refractivity contribution in [2.45, 2.75) is 32.7 Å². The molecule has 3 amide bonds. The summed E-state index contributed by atoms with van der Waals surface area (Å²) in [6.07, 6.45) is 2.10. The number of benzene rings is 2. The number of anilines is 3. The molecule has 2 aliphatic heterocycles. The normalized spacial score (nSPS) is 18.6. The van der Waals surface area contributed by atoms with E-state index in [1.807, 2.05) is 0 Å². The lowest BCUT2D eigenvalue weighted by atomic mass is 10.0. The van der Waals surface area contributed by atoms with Crippen LogP contribution in [0.5, 0.6) is 0 Å². The van der Waals surface area contributed by atoms with Crippen molar-refractivity contribution in [1.82, 2.24) is 5.32 Å². The molecule has 2 heterocycles. The summed E-state index contributed by atoms with van der Waals surface area (Å²) in [5.74, 6) is -0.382. The highest BCUT2D eigenvalue weighted by molar-refractivity contribution is 6.34. The number of hydrogen-bond donors (Lipinski definition) is 2. The fraction of sp³-hybridized carbons (Fsp3) is 0.391. The van der Waals surface area contributed by atoms with E-state index in [4.69, 9.17) is 11.6 Å². The Bertz CT molecular complexity index is 1010. The Morgan fingerprint density at radius 2 is 2.03 bits per heavy atom. The highest BCUT2D eigenvalue weighted by atomic mass is 35.5. The van der Waals surface area contributed by atoms with Crippen LogP contribution in [0.4, 0.5) is 26.2 Å². The standard InChI is InChI=1S/C23H26ClFN4O2/c1-14(2)20-4-3-10-29(20)21-8-5-15(12-19(21)25)27-22(30)17-13-16(6-7-18(17)24)28-11-9-26-23(28)31/h5-8,12-14,20H,3-4,9-11H2,1-2H3,(H,26,31)(H,27,30). The second kappa shape index (κ2) is 8.75. The number of hydrogen-bond acceptors (Lipinski definition) is 3. The van der Waals surface area contributed by atoms with Gasteiger partial charge in [0.1, 0.15) is 5.82 Å². The number of urea groups is 1. The molecule has 2 N–H and O–H groups in total. The quantitative estimate of drug-likeness (QED) is 0.690. The number of halogens is 2. The van der Waals surface area contributed by atoms with E-state index >= 15 is 0 Å². The predicted octanol–water partition coefficient (Wildman–Crippen LogP) is 4.89. The second-order valence-electron chi connectivity index (χ2n) is 8.32. The van der Waals surface area contributed by atoms with Crippen LogP contribution in [-0.2, 0) is 0 Å². The first-order valence-corrected chi connectivity index (χ1v) is 11.0. The predicted molar refractivity (Wildman–Crippen MR) is 122 cm³/mol. The molecule has 0 spiro atoms. The highest BCUT2D eigenvalue weighted by Gasteiger charge is 2.29. The van der Waals surface area contributed by atoms with Crippen LogP contribution in [0.2, 0.25) is 5.02 Å². The molecule has 31 heavy (non-hydrogen) atoms. The molecule has 0 bridgehead atoms. The van der Waals surface area contributed by atoms with E-state index in [2.05, 4.69) is 29.4 Å². The van der Waals surface area contributed by atoms with Gasteiger partial charge in [-0.2, -0.15) is 0 Å². The molecule has 0 saturated carbocycles. The van der Waals surface area contributed by atoms with Gasteiger partial charge in [-0.25, -0.2) is 9.18 Å². The van der Waals surface area contributed by atoms with Gasteiger partial charge in [0.25, 0.3) is 5.91 Å². The largest absolute Gasteiger partial charge is 0.366 e. The van der Waals surface area contributed by atoms with Crippen LogP contribution in [-0.4, -0.2) is 37.6 Å². The van der Waals surface area contributed by atoms with Gasteiger partial charge in [-0.15, -0.1) is 0 Å². The molecule has 0 aliphatic carbocycles. The number of carbonyl (C=O) groups is 2. The number of nitrogens with zero attached hydrogens (tertiary/aromatic N) is 2. The number of amides is 3. The van der Waals surface area contributed by atoms with Crippen molar-refractivity contribution in [2.24, 2.45) is 5.92 Å². The molecule has 8 heteroatoms. The maximum absolute atomic E-state index is 14.9. The van der Waals surface area contributed by atoms with Gasteiger partial charge >= 0.3 is 6.03 Å². The van der Waals surface area contributed by atoms with E-state index < -0.39 is 5.91 Å². The van der Waals surface area contributed by atoms with Crippen LogP contribution in [0.1, 0.15) is 37.0 Å². The summed E-state index contributed by atoms with van der Waals surface area (Å²) in [5.41, 5.74) is 1.73. The van der Waals surface area contributed by atoms with Crippen LogP contribution in [0.25, 0.3) is 0 Å². The zero-order chi connectivity index (χ0) is 22.1. The van der Waals surface area contributed by atoms with Crippen LogP contribution < -0.4 is 20.4 Å². The van der Waals surface area contributed by atoms with Gasteiger partial charge < -0.3 is 15.5 Å². The Labute approximate surface area is 186 Å². The van der Waals surface area contributed by atoms with Crippen LogP contribution in [0.15, 0.2) is 36.4 Å². The Morgan fingerprint density at radius 3 is 2.71 bits per heavy atom. The summed E-state index contributed by atoms with van der Waals surface area (Å²) in [5, 5.41) is 5.70. The minimum atomic E-state index is -0.458.